The summed E-state index contributed by atoms with van der Waals surface area (Å²) in [7, 11) is 1.72. The standard InChI is InChI=1S/C15H26N2O3/c1-10(2)12(18)8-13-16-14(17-20-13)15(19-4)7-5-6-11(3)9-15/h10-12,18H,5-9H2,1-4H3. The van der Waals surface area contributed by atoms with Gasteiger partial charge in [-0.3, -0.25) is 0 Å². The molecule has 0 aliphatic heterocycles. The molecule has 1 saturated carbocycles. The Bertz CT molecular complexity index is 433. The van der Waals surface area contributed by atoms with Crippen LogP contribution < -0.4 is 0 Å². The molecule has 2 rings (SSSR count). The van der Waals surface area contributed by atoms with Crippen molar-refractivity contribution in [2.45, 2.75) is 64.6 Å². The molecule has 0 saturated heterocycles. The van der Waals surface area contributed by atoms with E-state index in [0.717, 1.165) is 19.3 Å². The fourth-order valence-corrected chi connectivity index (χ4v) is 2.92. The van der Waals surface area contributed by atoms with Crippen molar-refractivity contribution >= 4 is 0 Å². The van der Waals surface area contributed by atoms with Gasteiger partial charge in [0.25, 0.3) is 0 Å². The third-order valence-corrected chi connectivity index (χ3v) is 4.38. The van der Waals surface area contributed by atoms with Gasteiger partial charge in [0.05, 0.1) is 12.5 Å². The number of aliphatic hydroxyl groups is 1. The molecule has 0 radical (unpaired) electrons. The predicted molar refractivity (Wildman–Crippen MR) is 75.2 cm³/mol. The zero-order valence-electron chi connectivity index (χ0n) is 12.9. The third-order valence-electron chi connectivity index (χ3n) is 4.38. The van der Waals surface area contributed by atoms with E-state index in [9.17, 15) is 5.11 Å². The van der Waals surface area contributed by atoms with Gasteiger partial charge in [-0.2, -0.15) is 4.98 Å². The zero-order valence-corrected chi connectivity index (χ0v) is 12.9. The first kappa shape index (κ1) is 15.4. The Morgan fingerprint density at radius 3 is 2.85 bits per heavy atom. The number of rotatable bonds is 5. The molecular formula is C15H26N2O3. The first-order chi connectivity index (χ1) is 9.47. The van der Waals surface area contributed by atoms with Crippen molar-refractivity contribution in [3.8, 4) is 0 Å². The summed E-state index contributed by atoms with van der Waals surface area (Å²) in [4.78, 5) is 4.47. The Morgan fingerprint density at radius 1 is 1.50 bits per heavy atom. The van der Waals surface area contributed by atoms with E-state index in [1.165, 1.54) is 6.42 Å². The Labute approximate surface area is 120 Å². The lowest BCUT2D eigenvalue weighted by atomic mass is 9.78. The van der Waals surface area contributed by atoms with Gasteiger partial charge in [-0.25, -0.2) is 0 Å². The van der Waals surface area contributed by atoms with Gasteiger partial charge in [0.2, 0.25) is 11.7 Å². The summed E-state index contributed by atoms with van der Waals surface area (Å²) in [5.41, 5.74) is -0.414. The van der Waals surface area contributed by atoms with Crippen LogP contribution in [0.2, 0.25) is 0 Å². The maximum absolute atomic E-state index is 9.90. The highest BCUT2D eigenvalue weighted by Crippen LogP contribution is 2.41. The first-order valence-electron chi connectivity index (χ1n) is 7.53. The van der Waals surface area contributed by atoms with E-state index in [0.29, 0.717) is 24.1 Å². The van der Waals surface area contributed by atoms with Crippen LogP contribution in [-0.4, -0.2) is 28.5 Å². The number of ether oxygens (including phenoxy) is 1. The second kappa shape index (κ2) is 6.22. The van der Waals surface area contributed by atoms with E-state index in [2.05, 4.69) is 17.1 Å². The first-order valence-corrected chi connectivity index (χ1v) is 7.53. The minimum absolute atomic E-state index is 0.177. The average Bonchev–Trinajstić information content (AvgIpc) is 2.87. The lowest BCUT2D eigenvalue weighted by Crippen LogP contribution is -2.35. The van der Waals surface area contributed by atoms with Crippen LogP contribution in [0.25, 0.3) is 0 Å². The molecule has 1 fully saturated rings. The monoisotopic (exact) mass is 282 g/mol. The van der Waals surface area contributed by atoms with Crippen molar-refractivity contribution in [1.82, 2.24) is 10.1 Å². The summed E-state index contributed by atoms with van der Waals surface area (Å²) in [5.74, 6) is 1.91. The van der Waals surface area contributed by atoms with Crippen LogP contribution in [0.3, 0.4) is 0 Å². The second-order valence-corrected chi connectivity index (χ2v) is 6.43. The smallest absolute Gasteiger partial charge is 0.229 e. The van der Waals surface area contributed by atoms with Crippen molar-refractivity contribution in [2.75, 3.05) is 7.11 Å². The molecule has 1 aromatic rings. The molecule has 0 aromatic carbocycles. The van der Waals surface area contributed by atoms with Crippen LogP contribution in [0, 0.1) is 11.8 Å². The van der Waals surface area contributed by atoms with Crippen LogP contribution >= 0.6 is 0 Å². The molecule has 1 aliphatic carbocycles. The van der Waals surface area contributed by atoms with Gasteiger partial charge in [-0.1, -0.05) is 32.3 Å². The molecule has 1 heterocycles. The van der Waals surface area contributed by atoms with Gasteiger partial charge < -0.3 is 14.4 Å². The molecule has 3 unspecified atom stereocenters. The molecule has 0 spiro atoms. The van der Waals surface area contributed by atoms with Crippen LogP contribution in [0.1, 0.15) is 58.2 Å². The second-order valence-electron chi connectivity index (χ2n) is 6.43. The van der Waals surface area contributed by atoms with Crippen LogP contribution in [0.4, 0.5) is 0 Å². The SMILES string of the molecule is COC1(c2noc(CC(O)C(C)C)n2)CCCC(C)C1. The zero-order chi connectivity index (χ0) is 14.8. The molecule has 0 amide bonds. The van der Waals surface area contributed by atoms with Crippen LogP contribution in [-0.2, 0) is 16.8 Å². The van der Waals surface area contributed by atoms with Crippen LogP contribution in [0.15, 0.2) is 4.52 Å². The quantitative estimate of drug-likeness (QED) is 0.899. The van der Waals surface area contributed by atoms with E-state index in [1.54, 1.807) is 7.11 Å². The highest BCUT2D eigenvalue weighted by molar-refractivity contribution is 5.04. The third kappa shape index (κ3) is 3.20. The Morgan fingerprint density at radius 2 is 2.25 bits per heavy atom. The largest absolute Gasteiger partial charge is 0.392 e. The number of hydrogen-bond donors (Lipinski definition) is 1. The lowest BCUT2D eigenvalue weighted by Gasteiger charge is -2.36. The van der Waals surface area contributed by atoms with Gasteiger partial charge in [0, 0.05) is 7.11 Å². The Balaban J connectivity index is 2.13. The molecule has 1 N–H and O–H groups in total. The van der Waals surface area contributed by atoms with Crippen molar-refractivity contribution in [3.63, 3.8) is 0 Å². The fraction of sp³-hybridized carbons (Fsp3) is 0.867. The van der Waals surface area contributed by atoms with E-state index in [1.807, 2.05) is 13.8 Å². The fourth-order valence-electron chi connectivity index (χ4n) is 2.92. The molecule has 0 bridgehead atoms. The lowest BCUT2D eigenvalue weighted by molar-refractivity contribution is -0.0658. The maximum Gasteiger partial charge on any atom is 0.229 e. The van der Waals surface area contributed by atoms with Crippen LogP contribution in [0.5, 0.6) is 0 Å². The minimum Gasteiger partial charge on any atom is -0.392 e. The Hall–Kier alpha value is -0.940. The summed E-state index contributed by atoms with van der Waals surface area (Å²) in [6.07, 6.45) is 4.15. The number of aromatic nitrogens is 2. The van der Waals surface area contributed by atoms with Crippen molar-refractivity contribution in [3.05, 3.63) is 11.7 Å². The normalized spacial score (nSPS) is 28.8. The van der Waals surface area contributed by atoms with Gasteiger partial charge in [-0.15, -0.1) is 0 Å². The van der Waals surface area contributed by atoms with Crippen molar-refractivity contribution < 1.29 is 14.4 Å². The van der Waals surface area contributed by atoms with Gasteiger partial charge in [0.1, 0.15) is 5.60 Å². The van der Waals surface area contributed by atoms with Crippen molar-refractivity contribution in [1.29, 1.82) is 0 Å². The van der Waals surface area contributed by atoms with Gasteiger partial charge in [0.15, 0.2) is 0 Å². The predicted octanol–water partition coefficient (Wildman–Crippen LogP) is 2.68. The number of hydrogen-bond acceptors (Lipinski definition) is 5. The molecule has 3 atom stereocenters. The summed E-state index contributed by atoms with van der Waals surface area (Å²) in [5, 5.41) is 14.0. The summed E-state index contributed by atoms with van der Waals surface area (Å²) in [6.45, 7) is 6.18. The maximum atomic E-state index is 9.90. The van der Waals surface area contributed by atoms with E-state index >= 15 is 0 Å². The topological polar surface area (TPSA) is 68.4 Å². The Kier molecular flexibility index (Phi) is 4.81. The van der Waals surface area contributed by atoms with E-state index < -0.39 is 11.7 Å². The minimum atomic E-state index is -0.452. The summed E-state index contributed by atoms with van der Waals surface area (Å²) < 4.78 is 11.1. The summed E-state index contributed by atoms with van der Waals surface area (Å²) in [6, 6.07) is 0. The van der Waals surface area contributed by atoms with Crippen molar-refractivity contribution in [2.24, 2.45) is 11.8 Å². The van der Waals surface area contributed by atoms with Gasteiger partial charge in [-0.05, 0) is 31.1 Å². The molecule has 1 aromatic heterocycles. The highest BCUT2D eigenvalue weighted by atomic mass is 16.5. The molecule has 114 valence electrons. The van der Waals surface area contributed by atoms with Gasteiger partial charge >= 0.3 is 0 Å². The molecule has 1 aliphatic rings. The number of methoxy groups -OCH3 is 1. The number of nitrogens with zero attached hydrogens (tertiary/aromatic N) is 2. The molecule has 5 heteroatoms. The molecule has 5 nitrogen and oxygen atoms in total. The molecule has 20 heavy (non-hydrogen) atoms. The highest BCUT2D eigenvalue weighted by Gasteiger charge is 2.41. The van der Waals surface area contributed by atoms with E-state index in [4.69, 9.17) is 9.26 Å². The number of aliphatic hydroxyl groups excluding tert-OH is 1. The average molecular weight is 282 g/mol. The summed E-state index contributed by atoms with van der Waals surface area (Å²) >= 11 is 0. The molecular weight excluding hydrogens is 256 g/mol. The van der Waals surface area contributed by atoms with E-state index in [-0.39, 0.29) is 5.92 Å².